The molecule has 4 rings (SSSR count). The van der Waals surface area contributed by atoms with E-state index < -0.39 is 12.1 Å². The van der Waals surface area contributed by atoms with E-state index in [-0.39, 0.29) is 23.9 Å². The van der Waals surface area contributed by atoms with Gasteiger partial charge in [-0.05, 0) is 29.9 Å². The van der Waals surface area contributed by atoms with Crippen molar-refractivity contribution in [3.8, 4) is 10.4 Å². The highest BCUT2D eigenvalue weighted by Gasteiger charge is 2.41. The molecule has 1 saturated heterocycles. The van der Waals surface area contributed by atoms with Gasteiger partial charge in [-0.3, -0.25) is 4.79 Å². The van der Waals surface area contributed by atoms with Gasteiger partial charge in [-0.25, -0.2) is 9.97 Å². The van der Waals surface area contributed by atoms with Crippen molar-refractivity contribution in [1.82, 2.24) is 19.4 Å². The Bertz CT molecular complexity index is 1120. The van der Waals surface area contributed by atoms with Gasteiger partial charge >= 0.3 is 0 Å². The quantitative estimate of drug-likeness (QED) is 0.578. The predicted octanol–water partition coefficient (Wildman–Crippen LogP) is 3.57. The van der Waals surface area contributed by atoms with E-state index in [2.05, 4.69) is 38.8 Å². The molecular weight excluding hydrogens is 434 g/mol. The van der Waals surface area contributed by atoms with Gasteiger partial charge in [0.25, 0.3) is 0 Å². The van der Waals surface area contributed by atoms with Crippen LogP contribution in [0.15, 0.2) is 42.2 Å². The van der Waals surface area contributed by atoms with Crippen molar-refractivity contribution in [1.29, 1.82) is 0 Å². The largest absolute Gasteiger partial charge is 0.391 e. The summed E-state index contributed by atoms with van der Waals surface area (Å²) in [4.78, 5) is 25.0. The lowest BCUT2D eigenvalue weighted by molar-refractivity contribution is -0.136. The fourth-order valence-electron chi connectivity index (χ4n) is 4.36. The van der Waals surface area contributed by atoms with Crippen LogP contribution in [0.5, 0.6) is 0 Å². The van der Waals surface area contributed by atoms with Gasteiger partial charge in [0.05, 0.1) is 34.3 Å². The number of β-amino-alcohol motifs (C(OH)–C–C–N with tert-alkyl or cyclic N) is 1. The van der Waals surface area contributed by atoms with Crippen molar-refractivity contribution in [3.05, 3.63) is 59.3 Å². The highest BCUT2D eigenvalue weighted by Crippen LogP contribution is 2.34. The summed E-state index contributed by atoms with van der Waals surface area (Å²) in [6.07, 6.45) is 4.45. The van der Waals surface area contributed by atoms with E-state index in [1.165, 1.54) is 16.0 Å². The van der Waals surface area contributed by atoms with Crippen LogP contribution < -0.4 is 5.73 Å². The van der Waals surface area contributed by atoms with Crippen molar-refractivity contribution in [2.75, 3.05) is 6.54 Å². The summed E-state index contributed by atoms with van der Waals surface area (Å²) in [7, 11) is 0. The first-order valence-corrected chi connectivity index (χ1v) is 12.3. The Morgan fingerprint density at radius 1 is 1.33 bits per heavy atom. The Labute approximate surface area is 199 Å². The van der Waals surface area contributed by atoms with Crippen molar-refractivity contribution in [3.63, 3.8) is 0 Å². The standard InChI is InChI=1S/C25H33N5O2S/c1-16-21(33-15-28-16)18-7-5-6-17(12-18)8-10-29-11-9-27-23(29)20-13-19(31)14-30(20)24(32)22(26)25(2,3)4/h5-7,9,11-12,15,19-20,22,31H,8,10,13-14,26H2,1-4H3/t19-,20+,22-/m1/s1. The smallest absolute Gasteiger partial charge is 0.240 e. The van der Waals surface area contributed by atoms with Crippen LogP contribution >= 0.6 is 11.3 Å². The molecule has 3 heterocycles. The number of hydrogen-bond acceptors (Lipinski definition) is 6. The molecule has 3 aromatic rings. The van der Waals surface area contributed by atoms with Gasteiger partial charge < -0.3 is 20.3 Å². The molecule has 0 spiro atoms. The Balaban J connectivity index is 1.51. The minimum Gasteiger partial charge on any atom is -0.391 e. The molecule has 176 valence electrons. The lowest BCUT2D eigenvalue weighted by Gasteiger charge is -2.32. The molecular formula is C25H33N5O2S. The number of imidazole rings is 1. The van der Waals surface area contributed by atoms with Crippen LogP contribution in [0.25, 0.3) is 10.4 Å². The number of benzene rings is 1. The van der Waals surface area contributed by atoms with Crippen molar-refractivity contribution < 1.29 is 9.90 Å². The third kappa shape index (κ3) is 5.03. The third-order valence-electron chi connectivity index (χ3n) is 6.38. The Morgan fingerprint density at radius 3 is 2.82 bits per heavy atom. The third-order valence-corrected chi connectivity index (χ3v) is 7.36. The monoisotopic (exact) mass is 467 g/mol. The zero-order valence-electron chi connectivity index (χ0n) is 19.7. The number of aliphatic hydroxyl groups is 1. The molecule has 0 unspecified atom stereocenters. The van der Waals surface area contributed by atoms with Crippen LogP contribution in [-0.2, 0) is 17.8 Å². The number of nitrogens with zero attached hydrogens (tertiary/aromatic N) is 4. The number of carbonyl (C=O) groups is 1. The number of amides is 1. The summed E-state index contributed by atoms with van der Waals surface area (Å²) in [5.41, 5.74) is 11.3. The Kier molecular flexibility index (Phi) is 6.70. The summed E-state index contributed by atoms with van der Waals surface area (Å²) >= 11 is 1.66. The molecule has 3 atom stereocenters. The second-order valence-corrected chi connectivity index (χ2v) is 10.8. The molecule has 0 aliphatic carbocycles. The first-order valence-electron chi connectivity index (χ1n) is 11.4. The summed E-state index contributed by atoms with van der Waals surface area (Å²) in [6.45, 7) is 8.93. The molecule has 33 heavy (non-hydrogen) atoms. The van der Waals surface area contributed by atoms with Crippen LogP contribution in [0.4, 0.5) is 0 Å². The number of likely N-dealkylation sites (tertiary alicyclic amines) is 1. The maximum atomic E-state index is 13.2. The highest BCUT2D eigenvalue weighted by atomic mass is 32.1. The molecule has 1 amide bonds. The lowest BCUT2D eigenvalue weighted by atomic mass is 9.86. The van der Waals surface area contributed by atoms with E-state index in [0.29, 0.717) is 6.42 Å². The minimum absolute atomic E-state index is 0.133. The molecule has 0 radical (unpaired) electrons. The van der Waals surface area contributed by atoms with Gasteiger partial charge in [0.1, 0.15) is 5.82 Å². The van der Waals surface area contributed by atoms with Gasteiger partial charge in [-0.1, -0.05) is 45.0 Å². The maximum Gasteiger partial charge on any atom is 0.240 e. The van der Waals surface area contributed by atoms with Crippen molar-refractivity contribution >= 4 is 17.2 Å². The molecule has 1 aliphatic heterocycles. The van der Waals surface area contributed by atoms with Gasteiger partial charge in [0.15, 0.2) is 0 Å². The van der Waals surface area contributed by atoms with Gasteiger partial charge in [-0.15, -0.1) is 11.3 Å². The fourth-order valence-corrected chi connectivity index (χ4v) is 5.16. The first kappa shape index (κ1) is 23.6. The number of aromatic nitrogens is 3. The van der Waals surface area contributed by atoms with E-state index in [4.69, 9.17) is 5.73 Å². The molecule has 7 nitrogen and oxygen atoms in total. The molecule has 0 saturated carbocycles. The number of hydrogen-bond donors (Lipinski definition) is 2. The number of thiazole rings is 1. The van der Waals surface area contributed by atoms with Crippen molar-refractivity contribution in [2.24, 2.45) is 11.1 Å². The van der Waals surface area contributed by atoms with Gasteiger partial charge in [0, 0.05) is 31.9 Å². The normalized spacial score (nSPS) is 19.8. The van der Waals surface area contributed by atoms with Crippen LogP contribution in [0.2, 0.25) is 0 Å². The second kappa shape index (κ2) is 9.37. The van der Waals surface area contributed by atoms with Gasteiger partial charge in [-0.2, -0.15) is 0 Å². The average molecular weight is 468 g/mol. The van der Waals surface area contributed by atoms with E-state index in [1.54, 1.807) is 22.4 Å². The molecule has 8 heteroatoms. The van der Waals surface area contributed by atoms with E-state index in [1.807, 2.05) is 39.4 Å². The maximum absolute atomic E-state index is 13.2. The predicted molar refractivity (Wildman–Crippen MR) is 131 cm³/mol. The second-order valence-electron chi connectivity index (χ2n) is 9.94. The molecule has 3 N–H and O–H groups in total. The Morgan fingerprint density at radius 2 is 2.12 bits per heavy atom. The Hall–Kier alpha value is -2.55. The van der Waals surface area contributed by atoms with E-state index in [9.17, 15) is 9.90 Å². The fraction of sp³-hybridized carbons (Fsp3) is 0.480. The summed E-state index contributed by atoms with van der Waals surface area (Å²) in [5, 5.41) is 10.4. The lowest BCUT2D eigenvalue weighted by Crippen LogP contribution is -2.50. The van der Waals surface area contributed by atoms with E-state index in [0.717, 1.165) is 24.5 Å². The molecule has 0 bridgehead atoms. The number of rotatable bonds is 6. The highest BCUT2D eigenvalue weighted by molar-refractivity contribution is 7.13. The molecule has 2 aromatic heterocycles. The van der Waals surface area contributed by atoms with E-state index >= 15 is 0 Å². The van der Waals surface area contributed by atoms with Crippen molar-refractivity contribution in [2.45, 2.75) is 65.3 Å². The van der Waals surface area contributed by atoms with Crippen LogP contribution in [-0.4, -0.2) is 49.1 Å². The number of nitrogens with two attached hydrogens (primary N) is 1. The zero-order chi connectivity index (χ0) is 23.8. The van der Waals surface area contributed by atoms with Crippen LogP contribution in [0.1, 0.15) is 50.3 Å². The summed E-state index contributed by atoms with van der Waals surface area (Å²) in [6, 6.07) is 7.64. The molecule has 1 fully saturated rings. The first-order chi connectivity index (χ1) is 15.6. The zero-order valence-corrected chi connectivity index (χ0v) is 20.5. The number of carbonyl (C=O) groups excluding carboxylic acids is 1. The molecule has 1 aromatic carbocycles. The molecule has 1 aliphatic rings. The number of aliphatic hydroxyl groups excluding tert-OH is 1. The summed E-state index contributed by atoms with van der Waals surface area (Å²) in [5.74, 6) is 0.668. The SMILES string of the molecule is Cc1ncsc1-c1cccc(CCn2ccnc2[C@@H]2C[C@@H](O)CN2C(=O)[C@@H](N)C(C)(C)C)c1. The van der Waals surface area contributed by atoms with Crippen LogP contribution in [0, 0.1) is 12.3 Å². The average Bonchev–Trinajstić information content (AvgIpc) is 3.50. The summed E-state index contributed by atoms with van der Waals surface area (Å²) < 4.78 is 2.09. The minimum atomic E-state index is -0.633. The topological polar surface area (TPSA) is 97.3 Å². The van der Waals surface area contributed by atoms with Gasteiger partial charge in [0.2, 0.25) is 5.91 Å². The van der Waals surface area contributed by atoms with Crippen LogP contribution in [0.3, 0.4) is 0 Å². The number of aryl methyl sites for hydroxylation is 3.